The normalized spacial score (nSPS) is 14.6. The molecule has 1 N–H and O–H groups in total. The lowest BCUT2D eigenvalue weighted by Crippen LogP contribution is -2.52. The van der Waals surface area contributed by atoms with Crippen molar-refractivity contribution in [3.05, 3.63) is 59.1 Å². The molecule has 5 nitrogen and oxygen atoms in total. The first-order valence-electron chi connectivity index (χ1n) is 9.30. The van der Waals surface area contributed by atoms with E-state index in [2.05, 4.69) is 15.1 Å². The maximum absolute atomic E-state index is 12.6. The van der Waals surface area contributed by atoms with Gasteiger partial charge in [0.05, 0.1) is 17.3 Å². The molecule has 1 aliphatic heterocycles. The zero-order chi connectivity index (χ0) is 20.1. The average molecular weight is 417 g/mol. The number of amides is 1. The lowest BCUT2D eigenvalue weighted by Gasteiger charge is -2.36. The topological polar surface area (TPSA) is 38.8 Å². The van der Waals surface area contributed by atoms with E-state index in [1.807, 2.05) is 62.5 Å². The molecule has 1 fully saturated rings. The van der Waals surface area contributed by atoms with E-state index >= 15 is 0 Å². The molecule has 28 heavy (non-hydrogen) atoms. The third-order valence-corrected chi connectivity index (χ3v) is 5.58. The quantitative estimate of drug-likeness (QED) is 0.770. The van der Waals surface area contributed by atoms with Gasteiger partial charge in [-0.25, -0.2) is 0 Å². The van der Waals surface area contributed by atoms with Crippen LogP contribution in [-0.4, -0.2) is 60.6 Å². The molecule has 0 spiro atoms. The molecule has 0 saturated carbocycles. The van der Waals surface area contributed by atoms with Crippen molar-refractivity contribution in [2.75, 3.05) is 50.0 Å². The first-order valence-corrected chi connectivity index (χ1v) is 10.1. The van der Waals surface area contributed by atoms with Crippen molar-refractivity contribution < 1.29 is 4.79 Å². The molecule has 1 amide bonds. The minimum atomic E-state index is 0.0896. The van der Waals surface area contributed by atoms with Gasteiger partial charge in [0.25, 0.3) is 0 Å². The summed E-state index contributed by atoms with van der Waals surface area (Å²) in [5.41, 5.74) is 2.84. The van der Waals surface area contributed by atoms with Crippen LogP contribution in [0.1, 0.15) is 5.56 Å². The number of benzene rings is 2. The number of piperazine rings is 1. The zero-order valence-corrected chi connectivity index (χ0v) is 17.8. The van der Waals surface area contributed by atoms with E-state index < -0.39 is 0 Å². The minimum Gasteiger partial charge on any atom is -0.346 e. The second-order valence-electron chi connectivity index (χ2n) is 6.96. The molecule has 0 aromatic heterocycles. The standard InChI is InChI=1S/C21H25ClN4OS/c1-16-8-9-19(18(22)14-16)23-21(28)26-12-10-25(11-13-26)15-20(27)24(2)17-6-4-3-5-7-17/h3-9,14H,10-13,15H2,1-2H3,(H,23,28). The van der Waals surface area contributed by atoms with E-state index in [0.29, 0.717) is 16.7 Å². The SMILES string of the molecule is Cc1ccc(NC(=S)N2CCN(CC(=O)N(C)c3ccccc3)CC2)c(Cl)c1. The highest BCUT2D eigenvalue weighted by atomic mass is 35.5. The highest BCUT2D eigenvalue weighted by molar-refractivity contribution is 7.80. The molecule has 1 saturated heterocycles. The Morgan fingerprint density at radius 3 is 2.46 bits per heavy atom. The lowest BCUT2D eigenvalue weighted by atomic mass is 10.2. The number of hydrogen-bond acceptors (Lipinski definition) is 3. The van der Waals surface area contributed by atoms with Crippen LogP contribution >= 0.6 is 23.8 Å². The average Bonchev–Trinajstić information content (AvgIpc) is 2.70. The lowest BCUT2D eigenvalue weighted by molar-refractivity contribution is -0.119. The zero-order valence-electron chi connectivity index (χ0n) is 16.2. The van der Waals surface area contributed by atoms with Crippen molar-refractivity contribution in [3.8, 4) is 0 Å². The molecule has 1 aliphatic rings. The summed E-state index contributed by atoms with van der Waals surface area (Å²) in [6.45, 7) is 5.54. The van der Waals surface area contributed by atoms with Gasteiger partial charge in [0, 0.05) is 38.9 Å². The monoisotopic (exact) mass is 416 g/mol. The summed E-state index contributed by atoms with van der Waals surface area (Å²) in [6, 6.07) is 15.6. The van der Waals surface area contributed by atoms with Crippen molar-refractivity contribution in [3.63, 3.8) is 0 Å². The summed E-state index contributed by atoms with van der Waals surface area (Å²) in [5, 5.41) is 4.56. The van der Waals surface area contributed by atoms with Crippen molar-refractivity contribution >= 4 is 46.2 Å². The van der Waals surface area contributed by atoms with Crippen molar-refractivity contribution in [2.24, 2.45) is 0 Å². The molecule has 0 aliphatic carbocycles. The molecule has 2 aromatic rings. The summed E-state index contributed by atoms with van der Waals surface area (Å²) in [6.07, 6.45) is 0. The Hall–Kier alpha value is -2.15. The van der Waals surface area contributed by atoms with E-state index in [0.717, 1.165) is 43.1 Å². The van der Waals surface area contributed by atoms with Gasteiger partial charge in [-0.3, -0.25) is 9.69 Å². The van der Waals surface area contributed by atoms with Gasteiger partial charge in [-0.05, 0) is 49.0 Å². The Kier molecular flexibility index (Phi) is 6.88. The molecule has 0 radical (unpaired) electrons. The summed E-state index contributed by atoms with van der Waals surface area (Å²) < 4.78 is 0. The van der Waals surface area contributed by atoms with Gasteiger partial charge in [0.1, 0.15) is 0 Å². The maximum Gasteiger partial charge on any atom is 0.240 e. The van der Waals surface area contributed by atoms with Gasteiger partial charge < -0.3 is 15.1 Å². The molecule has 3 rings (SSSR count). The highest BCUT2D eigenvalue weighted by Crippen LogP contribution is 2.23. The fourth-order valence-electron chi connectivity index (χ4n) is 3.12. The predicted molar refractivity (Wildman–Crippen MR) is 120 cm³/mol. The Bertz CT molecular complexity index is 838. The molecule has 2 aromatic carbocycles. The van der Waals surface area contributed by atoms with E-state index in [4.69, 9.17) is 23.8 Å². The number of halogens is 1. The van der Waals surface area contributed by atoms with E-state index in [1.54, 1.807) is 4.90 Å². The fraction of sp³-hybridized carbons (Fsp3) is 0.333. The van der Waals surface area contributed by atoms with Crippen molar-refractivity contribution in [1.29, 1.82) is 0 Å². The molecule has 7 heteroatoms. The first kappa shape index (κ1) is 20.6. The minimum absolute atomic E-state index is 0.0896. The fourth-order valence-corrected chi connectivity index (χ4v) is 3.69. The molecule has 148 valence electrons. The number of rotatable bonds is 4. The molecular formula is C21H25ClN4OS. The number of likely N-dealkylation sites (N-methyl/N-ethyl adjacent to an activating group) is 1. The Balaban J connectivity index is 1.48. The number of thiocarbonyl (C=S) groups is 1. The number of nitrogens with zero attached hydrogens (tertiary/aromatic N) is 3. The summed E-state index contributed by atoms with van der Waals surface area (Å²) in [4.78, 5) is 18.5. The number of para-hydroxylation sites is 1. The first-order chi connectivity index (χ1) is 13.4. The van der Waals surface area contributed by atoms with Crippen LogP contribution in [0.2, 0.25) is 5.02 Å². The van der Waals surface area contributed by atoms with E-state index in [1.165, 1.54) is 0 Å². The summed E-state index contributed by atoms with van der Waals surface area (Å²) >= 11 is 11.8. The molecule has 0 atom stereocenters. The van der Waals surface area contributed by atoms with Crippen molar-refractivity contribution in [2.45, 2.75) is 6.92 Å². The second-order valence-corrected chi connectivity index (χ2v) is 7.76. The van der Waals surface area contributed by atoms with Gasteiger partial charge in [0.15, 0.2) is 5.11 Å². The molecule has 1 heterocycles. The van der Waals surface area contributed by atoms with Crippen LogP contribution < -0.4 is 10.2 Å². The van der Waals surface area contributed by atoms with Crippen LogP contribution in [0.4, 0.5) is 11.4 Å². The Morgan fingerprint density at radius 1 is 1.14 bits per heavy atom. The van der Waals surface area contributed by atoms with E-state index in [9.17, 15) is 4.79 Å². The van der Waals surface area contributed by atoms with Gasteiger partial charge in [-0.1, -0.05) is 35.9 Å². The third kappa shape index (κ3) is 5.22. The highest BCUT2D eigenvalue weighted by Gasteiger charge is 2.22. The largest absolute Gasteiger partial charge is 0.346 e. The number of anilines is 2. The number of carbonyl (C=O) groups excluding carboxylic acids is 1. The molecular weight excluding hydrogens is 392 g/mol. The number of aryl methyl sites for hydroxylation is 1. The van der Waals surface area contributed by atoms with Gasteiger partial charge in [0.2, 0.25) is 5.91 Å². The van der Waals surface area contributed by atoms with Crippen LogP contribution in [0.25, 0.3) is 0 Å². The third-order valence-electron chi connectivity index (χ3n) is 4.90. The van der Waals surface area contributed by atoms with Crippen LogP contribution in [0.3, 0.4) is 0 Å². The Labute approximate surface area is 176 Å². The van der Waals surface area contributed by atoms with Gasteiger partial charge >= 0.3 is 0 Å². The number of nitrogens with one attached hydrogen (secondary N) is 1. The summed E-state index contributed by atoms with van der Waals surface area (Å²) in [5.74, 6) is 0.0896. The maximum atomic E-state index is 12.6. The van der Waals surface area contributed by atoms with Crippen molar-refractivity contribution in [1.82, 2.24) is 9.80 Å². The van der Waals surface area contributed by atoms with Gasteiger partial charge in [-0.2, -0.15) is 0 Å². The van der Waals surface area contributed by atoms with Crippen LogP contribution in [0.5, 0.6) is 0 Å². The molecule has 0 bridgehead atoms. The second kappa shape index (κ2) is 9.37. The summed E-state index contributed by atoms with van der Waals surface area (Å²) in [7, 11) is 1.82. The van der Waals surface area contributed by atoms with Crippen LogP contribution in [0.15, 0.2) is 48.5 Å². The number of hydrogen-bond donors (Lipinski definition) is 1. The Morgan fingerprint density at radius 2 is 1.82 bits per heavy atom. The van der Waals surface area contributed by atoms with Crippen LogP contribution in [-0.2, 0) is 4.79 Å². The predicted octanol–water partition coefficient (Wildman–Crippen LogP) is 3.63. The number of carbonyl (C=O) groups is 1. The van der Waals surface area contributed by atoms with E-state index in [-0.39, 0.29) is 5.91 Å². The smallest absolute Gasteiger partial charge is 0.240 e. The van der Waals surface area contributed by atoms with Gasteiger partial charge in [-0.15, -0.1) is 0 Å². The van der Waals surface area contributed by atoms with Crippen LogP contribution in [0, 0.1) is 6.92 Å². The molecule has 0 unspecified atom stereocenters.